The third kappa shape index (κ3) is 3.51. The lowest BCUT2D eigenvalue weighted by Gasteiger charge is -2.32. The Hall–Kier alpha value is -2.40. The summed E-state index contributed by atoms with van der Waals surface area (Å²) in [5, 5.41) is 4.14. The third-order valence-corrected chi connectivity index (χ3v) is 5.07. The van der Waals surface area contributed by atoms with Crippen LogP contribution in [-0.4, -0.2) is 28.1 Å². The van der Waals surface area contributed by atoms with Crippen LogP contribution >= 0.6 is 12.2 Å². The van der Waals surface area contributed by atoms with E-state index in [-0.39, 0.29) is 0 Å². The quantitative estimate of drug-likeness (QED) is 0.677. The SMILES string of the molecule is Cc1cccc(NC(=S)N2CCC(c3nc4ccccc4o3)CC2)c1. The predicted octanol–water partition coefficient (Wildman–Crippen LogP) is 4.71. The number of thiocarbonyl (C=S) groups is 1. The average Bonchev–Trinajstić information content (AvgIpc) is 3.06. The first-order chi connectivity index (χ1) is 12.2. The number of piperidine rings is 1. The van der Waals surface area contributed by atoms with Crippen molar-refractivity contribution < 1.29 is 4.42 Å². The molecule has 1 aromatic heterocycles. The van der Waals surface area contributed by atoms with E-state index in [2.05, 4.69) is 34.3 Å². The van der Waals surface area contributed by atoms with Crippen molar-refractivity contribution >= 4 is 34.1 Å². The molecule has 25 heavy (non-hydrogen) atoms. The maximum Gasteiger partial charge on any atom is 0.198 e. The van der Waals surface area contributed by atoms with Gasteiger partial charge in [0.1, 0.15) is 5.52 Å². The number of anilines is 1. The summed E-state index contributed by atoms with van der Waals surface area (Å²) in [6, 6.07) is 16.2. The van der Waals surface area contributed by atoms with Crippen LogP contribution in [-0.2, 0) is 0 Å². The van der Waals surface area contributed by atoms with Crippen LogP contribution in [0.1, 0.15) is 30.2 Å². The molecule has 5 heteroatoms. The first kappa shape index (κ1) is 16.1. The molecule has 0 unspecified atom stereocenters. The summed E-state index contributed by atoms with van der Waals surface area (Å²) in [6.45, 7) is 3.92. The largest absolute Gasteiger partial charge is 0.440 e. The van der Waals surface area contributed by atoms with Crippen LogP contribution in [0.25, 0.3) is 11.1 Å². The van der Waals surface area contributed by atoms with Crippen LogP contribution in [0.15, 0.2) is 52.9 Å². The standard InChI is InChI=1S/C20H21N3OS/c1-14-5-4-6-16(13-14)21-20(25)23-11-9-15(10-12-23)19-22-17-7-2-3-8-18(17)24-19/h2-8,13,15H,9-12H2,1H3,(H,21,25). The van der Waals surface area contributed by atoms with Crippen LogP contribution in [0.4, 0.5) is 5.69 Å². The molecular formula is C20H21N3OS. The van der Waals surface area contributed by atoms with Crippen molar-refractivity contribution in [3.63, 3.8) is 0 Å². The number of oxazole rings is 1. The predicted molar refractivity (Wildman–Crippen MR) is 105 cm³/mol. The highest BCUT2D eigenvalue weighted by Crippen LogP contribution is 2.30. The zero-order chi connectivity index (χ0) is 17.2. The summed E-state index contributed by atoms with van der Waals surface area (Å²) in [4.78, 5) is 6.88. The molecule has 0 radical (unpaired) electrons. The normalized spacial score (nSPS) is 15.5. The van der Waals surface area contributed by atoms with Crippen molar-refractivity contribution in [1.82, 2.24) is 9.88 Å². The lowest BCUT2D eigenvalue weighted by Crippen LogP contribution is -2.40. The van der Waals surface area contributed by atoms with Gasteiger partial charge in [-0.1, -0.05) is 24.3 Å². The maximum atomic E-state index is 5.93. The lowest BCUT2D eigenvalue weighted by molar-refractivity contribution is 0.290. The van der Waals surface area contributed by atoms with Gasteiger partial charge >= 0.3 is 0 Å². The number of hydrogen-bond donors (Lipinski definition) is 1. The number of para-hydroxylation sites is 2. The van der Waals surface area contributed by atoms with Crippen molar-refractivity contribution in [2.75, 3.05) is 18.4 Å². The molecule has 0 saturated carbocycles. The Morgan fingerprint density at radius 3 is 2.72 bits per heavy atom. The Morgan fingerprint density at radius 2 is 1.96 bits per heavy atom. The number of aryl methyl sites for hydroxylation is 1. The molecule has 1 aliphatic heterocycles. The number of fused-ring (bicyclic) bond motifs is 1. The van der Waals surface area contributed by atoms with Gasteiger partial charge in [0.05, 0.1) is 0 Å². The molecule has 1 aliphatic rings. The van der Waals surface area contributed by atoms with E-state index in [0.717, 1.165) is 53.7 Å². The second-order valence-electron chi connectivity index (χ2n) is 6.58. The van der Waals surface area contributed by atoms with Gasteiger partial charge in [-0.3, -0.25) is 0 Å². The molecule has 4 rings (SSSR count). The smallest absolute Gasteiger partial charge is 0.198 e. The van der Waals surface area contributed by atoms with Gasteiger partial charge < -0.3 is 14.6 Å². The Balaban J connectivity index is 1.38. The summed E-state index contributed by atoms with van der Waals surface area (Å²) < 4.78 is 5.93. The molecule has 4 nitrogen and oxygen atoms in total. The monoisotopic (exact) mass is 351 g/mol. The highest BCUT2D eigenvalue weighted by molar-refractivity contribution is 7.80. The molecule has 0 aliphatic carbocycles. The number of nitrogens with zero attached hydrogens (tertiary/aromatic N) is 2. The molecule has 128 valence electrons. The van der Waals surface area contributed by atoms with Crippen molar-refractivity contribution in [3.8, 4) is 0 Å². The molecule has 3 aromatic rings. The van der Waals surface area contributed by atoms with Gasteiger partial charge in [0.15, 0.2) is 16.6 Å². The molecule has 2 heterocycles. The van der Waals surface area contributed by atoms with Crippen LogP contribution < -0.4 is 5.32 Å². The zero-order valence-electron chi connectivity index (χ0n) is 14.2. The maximum absolute atomic E-state index is 5.93. The van der Waals surface area contributed by atoms with Crippen LogP contribution in [0.5, 0.6) is 0 Å². The van der Waals surface area contributed by atoms with Crippen molar-refractivity contribution in [2.45, 2.75) is 25.7 Å². The fourth-order valence-corrected chi connectivity index (χ4v) is 3.62. The van der Waals surface area contributed by atoms with Crippen molar-refractivity contribution in [1.29, 1.82) is 0 Å². The van der Waals surface area contributed by atoms with Crippen molar-refractivity contribution in [2.24, 2.45) is 0 Å². The van der Waals surface area contributed by atoms with E-state index in [4.69, 9.17) is 16.6 Å². The number of hydrogen-bond acceptors (Lipinski definition) is 3. The fourth-order valence-electron chi connectivity index (χ4n) is 3.32. The Morgan fingerprint density at radius 1 is 1.16 bits per heavy atom. The number of likely N-dealkylation sites (tertiary alicyclic amines) is 1. The summed E-state index contributed by atoms with van der Waals surface area (Å²) in [5.74, 6) is 1.23. The van der Waals surface area contributed by atoms with Crippen LogP contribution in [0.2, 0.25) is 0 Å². The molecular weight excluding hydrogens is 330 g/mol. The lowest BCUT2D eigenvalue weighted by atomic mass is 9.97. The van der Waals surface area contributed by atoms with E-state index in [1.807, 2.05) is 36.4 Å². The Labute approximate surface area is 152 Å². The third-order valence-electron chi connectivity index (χ3n) is 4.71. The number of rotatable bonds is 2. The van der Waals surface area contributed by atoms with E-state index in [1.54, 1.807) is 0 Å². The molecule has 0 spiro atoms. The summed E-state index contributed by atoms with van der Waals surface area (Å²) in [6.07, 6.45) is 2.00. The number of nitrogens with one attached hydrogen (secondary N) is 1. The Kier molecular flexibility index (Phi) is 4.40. The van der Waals surface area contributed by atoms with E-state index >= 15 is 0 Å². The average molecular weight is 351 g/mol. The molecule has 1 saturated heterocycles. The minimum Gasteiger partial charge on any atom is -0.440 e. The summed E-state index contributed by atoms with van der Waals surface area (Å²) in [5.41, 5.74) is 4.08. The van der Waals surface area contributed by atoms with Gasteiger partial charge in [-0.05, 0) is 61.8 Å². The highest BCUT2D eigenvalue weighted by atomic mass is 32.1. The zero-order valence-corrected chi connectivity index (χ0v) is 15.1. The van der Waals surface area contributed by atoms with Crippen molar-refractivity contribution in [3.05, 3.63) is 60.0 Å². The topological polar surface area (TPSA) is 41.3 Å². The van der Waals surface area contributed by atoms with Gasteiger partial charge in [-0.15, -0.1) is 0 Å². The fraction of sp³-hybridized carbons (Fsp3) is 0.300. The van der Waals surface area contributed by atoms with Gasteiger partial charge in [0, 0.05) is 24.7 Å². The first-order valence-corrected chi connectivity index (χ1v) is 9.08. The van der Waals surface area contributed by atoms with Gasteiger partial charge in [0.2, 0.25) is 0 Å². The van der Waals surface area contributed by atoms with Gasteiger partial charge in [-0.2, -0.15) is 0 Å². The molecule has 0 bridgehead atoms. The molecule has 1 N–H and O–H groups in total. The van der Waals surface area contributed by atoms with E-state index < -0.39 is 0 Å². The molecule has 2 aromatic carbocycles. The molecule has 1 fully saturated rings. The number of benzene rings is 2. The second-order valence-corrected chi connectivity index (χ2v) is 6.97. The van der Waals surface area contributed by atoms with Crippen LogP contribution in [0.3, 0.4) is 0 Å². The minimum atomic E-state index is 0.366. The first-order valence-electron chi connectivity index (χ1n) is 8.67. The van der Waals surface area contributed by atoms with Gasteiger partial charge in [0.25, 0.3) is 0 Å². The van der Waals surface area contributed by atoms with E-state index in [0.29, 0.717) is 5.92 Å². The molecule has 0 atom stereocenters. The molecule has 0 amide bonds. The second kappa shape index (κ2) is 6.84. The summed E-state index contributed by atoms with van der Waals surface area (Å²) in [7, 11) is 0. The number of aromatic nitrogens is 1. The Bertz CT molecular complexity index is 864. The summed E-state index contributed by atoms with van der Waals surface area (Å²) >= 11 is 5.58. The minimum absolute atomic E-state index is 0.366. The van der Waals surface area contributed by atoms with Gasteiger partial charge in [-0.25, -0.2) is 4.98 Å². The van der Waals surface area contributed by atoms with E-state index in [1.165, 1.54) is 5.56 Å². The van der Waals surface area contributed by atoms with Crippen LogP contribution in [0, 0.1) is 6.92 Å². The highest BCUT2D eigenvalue weighted by Gasteiger charge is 2.25. The van der Waals surface area contributed by atoms with E-state index in [9.17, 15) is 0 Å².